The van der Waals surface area contributed by atoms with E-state index in [0.29, 0.717) is 10.9 Å². The number of hydrogen-bond acceptors (Lipinski definition) is 1. The Morgan fingerprint density at radius 1 is 1.33 bits per heavy atom. The second kappa shape index (κ2) is 5.39. The average Bonchev–Trinajstić information content (AvgIpc) is 2.35. The predicted molar refractivity (Wildman–Crippen MR) is 71.0 cm³/mol. The molecule has 0 atom stereocenters. The summed E-state index contributed by atoms with van der Waals surface area (Å²) in [6.45, 7) is 0. The highest BCUT2D eigenvalue weighted by molar-refractivity contribution is 9.10. The molecular weight excluding hydrogens is 299 g/mol. The second-order valence-corrected chi connectivity index (χ2v) is 5.93. The topological polar surface area (TPSA) is 37.3 Å². The number of rotatable bonds is 3. The van der Waals surface area contributed by atoms with Crippen molar-refractivity contribution in [1.29, 1.82) is 0 Å². The first-order chi connectivity index (χ1) is 8.53. The zero-order valence-electron chi connectivity index (χ0n) is 10.1. The van der Waals surface area contributed by atoms with Crippen molar-refractivity contribution in [3.63, 3.8) is 0 Å². The van der Waals surface area contributed by atoms with Gasteiger partial charge in [0.25, 0.3) is 0 Å². The minimum Gasteiger partial charge on any atom is -0.481 e. The van der Waals surface area contributed by atoms with Gasteiger partial charge in [0.05, 0.1) is 9.89 Å². The maximum Gasteiger partial charge on any atom is 0.309 e. The van der Waals surface area contributed by atoms with Crippen LogP contribution in [0.1, 0.15) is 37.7 Å². The summed E-state index contributed by atoms with van der Waals surface area (Å²) in [7, 11) is 0. The van der Waals surface area contributed by atoms with Crippen molar-refractivity contribution >= 4 is 21.9 Å². The van der Waals surface area contributed by atoms with Gasteiger partial charge < -0.3 is 5.11 Å². The molecule has 1 aromatic carbocycles. The first kappa shape index (κ1) is 13.5. The van der Waals surface area contributed by atoms with E-state index in [9.17, 15) is 14.3 Å². The average molecular weight is 315 g/mol. The van der Waals surface area contributed by atoms with Crippen molar-refractivity contribution in [2.24, 2.45) is 5.41 Å². The molecule has 0 bridgehead atoms. The molecule has 0 saturated heterocycles. The summed E-state index contributed by atoms with van der Waals surface area (Å²) in [5.74, 6) is -1.03. The highest BCUT2D eigenvalue weighted by Crippen LogP contribution is 2.39. The maximum atomic E-state index is 13.2. The minimum atomic E-state index is -0.720. The van der Waals surface area contributed by atoms with Crippen LogP contribution >= 0.6 is 15.9 Å². The van der Waals surface area contributed by atoms with Gasteiger partial charge in [-0.15, -0.1) is 0 Å². The van der Waals surface area contributed by atoms with Crippen molar-refractivity contribution in [3.05, 3.63) is 34.1 Å². The van der Waals surface area contributed by atoms with Crippen LogP contribution in [0, 0.1) is 11.2 Å². The molecule has 4 heteroatoms. The lowest BCUT2D eigenvalue weighted by atomic mass is 9.70. The predicted octanol–water partition coefficient (Wildman–Crippen LogP) is 4.17. The number of carboxylic acid groups (broad SMARTS) is 1. The zero-order chi connectivity index (χ0) is 13.2. The van der Waals surface area contributed by atoms with E-state index in [1.165, 1.54) is 6.07 Å². The van der Waals surface area contributed by atoms with Crippen LogP contribution in [0.2, 0.25) is 0 Å². The molecule has 0 aromatic heterocycles. The number of hydrogen-bond donors (Lipinski definition) is 1. The SMILES string of the molecule is O=C(O)C1(Cc2ccc(F)c(Br)c2)CCCCC1. The molecule has 0 spiro atoms. The molecular formula is C14H16BrFO2. The molecule has 2 nitrogen and oxygen atoms in total. The number of aliphatic carboxylic acids is 1. The van der Waals surface area contributed by atoms with E-state index in [4.69, 9.17) is 0 Å². The van der Waals surface area contributed by atoms with Crippen molar-refractivity contribution in [3.8, 4) is 0 Å². The van der Waals surface area contributed by atoms with Gasteiger partial charge in [-0.2, -0.15) is 0 Å². The van der Waals surface area contributed by atoms with Gasteiger partial charge in [0.2, 0.25) is 0 Å². The molecule has 98 valence electrons. The monoisotopic (exact) mass is 314 g/mol. The Bertz CT molecular complexity index is 453. The fraction of sp³-hybridized carbons (Fsp3) is 0.500. The highest BCUT2D eigenvalue weighted by Gasteiger charge is 2.39. The zero-order valence-corrected chi connectivity index (χ0v) is 11.7. The van der Waals surface area contributed by atoms with Gasteiger partial charge in [-0.1, -0.05) is 25.3 Å². The van der Waals surface area contributed by atoms with Gasteiger partial charge in [0, 0.05) is 0 Å². The molecule has 1 N–H and O–H groups in total. The first-order valence-electron chi connectivity index (χ1n) is 6.21. The molecule has 1 saturated carbocycles. The standard InChI is InChI=1S/C14H16BrFO2/c15-11-8-10(4-5-12(11)16)9-14(13(17)18)6-2-1-3-7-14/h4-5,8H,1-3,6-7,9H2,(H,17,18). The second-order valence-electron chi connectivity index (χ2n) is 5.07. The number of benzene rings is 1. The third kappa shape index (κ3) is 2.74. The molecule has 1 aromatic rings. The normalized spacial score (nSPS) is 18.6. The lowest BCUT2D eigenvalue weighted by Gasteiger charge is -2.33. The molecule has 0 amide bonds. The van der Waals surface area contributed by atoms with Crippen LogP contribution in [0.25, 0.3) is 0 Å². The minimum absolute atomic E-state index is 0.313. The molecule has 1 fully saturated rings. The summed E-state index contributed by atoms with van der Waals surface area (Å²) in [6, 6.07) is 4.76. The summed E-state index contributed by atoms with van der Waals surface area (Å²) >= 11 is 3.14. The molecule has 2 rings (SSSR count). The summed E-state index contributed by atoms with van der Waals surface area (Å²) in [4.78, 5) is 11.5. The molecule has 0 aliphatic heterocycles. The largest absolute Gasteiger partial charge is 0.481 e. The lowest BCUT2D eigenvalue weighted by Crippen LogP contribution is -2.35. The van der Waals surface area contributed by atoms with Gasteiger partial charge >= 0.3 is 5.97 Å². The smallest absolute Gasteiger partial charge is 0.309 e. The quantitative estimate of drug-likeness (QED) is 0.909. The maximum absolute atomic E-state index is 13.2. The van der Waals surface area contributed by atoms with E-state index >= 15 is 0 Å². The Balaban J connectivity index is 2.23. The summed E-state index contributed by atoms with van der Waals surface area (Å²) in [5.41, 5.74) is 0.225. The van der Waals surface area contributed by atoms with Crippen molar-refractivity contribution in [2.45, 2.75) is 38.5 Å². The lowest BCUT2D eigenvalue weighted by molar-refractivity contribution is -0.151. The molecule has 1 aliphatic rings. The van der Waals surface area contributed by atoms with Gasteiger partial charge in [-0.3, -0.25) is 4.79 Å². The van der Waals surface area contributed by atoms with Crippen LogP contribution in [-0.2, 0) is 11.2 Å². The van der Waals surface area contributed by atoms with Crippen molar-refractivity contribution < 1.29 is 14.3 Å². The number of carbonyl (C=O) groups is 1. The highest BCUT2D eigenvalue weighted by atomic mass is 79.9. The third-order valence-electron chi connectivity index (χ3n) is 3.79. The fourth-order valence-electron chi connectivity index (χ4n) is 2.74. The molecule has 0 unspecified atom stereocenters. The van der Waals surface area contributed by atoms with Crippen LogP contribution in [-0.4, -0.2) is 11.1 Å². The molecule has 18 heavy (non-hydrogen) atoms. The Labute approximate surface area is 114 Å². The van der Waals surface area contributed by atoms with E-state index in [1.807, 2.05) is 0 Å². The van der Waals surface area contributed by atoms with Gasteiger partial charge in [0.1, 0.15) is 5.82 Å². The summed E-state index contributed by atoms with van der Waals surface area (Å²) < 4.78 is 13.6. The summed E-state index contributed by atoms with van der Waals surface area (Å²) in [5, 5.41) is 9.49. The van der Waals surface area contributed by atoms with E-state index in [0.717, 1.165) is 37.7 Å². The van der Waals surface area contributed by atoms with E-state index in [2.05, 4.69) is 15.9 Å². The Hall–Kier alpha value is -0.900. The summed E-state index contributed by atoms with van der Waals surface area (Å²) in [6.07, 6.45) is 4.97. The molecule has 1 aliphatic carbocycles. The van der Waals surface area contributed by atoms with Gasteiger partial charge in [0.15, 0.2) is 0 Å². The number of halogens is 2. The van der Waals surface area contributed by atoms with Gasteiger partial charge in [-0.25, -0.2) is 4.39 Å². The first-order valence-corrected chi connectivity index (χ1v) is 7.00. The van der Waals surface area contributed by atoms with E-state index in [1.54, 1.807) is 12.1 Å². The van der Waals surface area contributed by atoms with Crippen molar-refractivity contribution in [2.75, 3.05) is 0 Å². The number of carboxylic acids is 1. The third-order valence-corrected chi connectivity index (χ3v) is 4.40. The van der Waals surface area contributed by atoms with E-state index < -0.39 is 11.4 Å². The van der Waals surface area contributed by atoms with Crippen LogP contribution in [0.15, 0.2) is 22.7 Å². The van der Waals surface area contributed by atoms with Crippen LogP contribution in [0.5, 0.6) is 0 Å². The Kier molecular flexibility index (Phi) is 4.05. The Morgan fingerprint density at radius 2 is 2.00 bits per heavy atom. The van der Waals surface area contributed by atoms with Crippen LogP contribution < -0.4 is 0 Å². The Morgan fingerprint density at radius 3 is 2.56 bits per heavy atom. The van der Waals surface area contributed by atoms with Crippen LogP contribution in [0.4, 0.5) is 4.39 Å². The fourth-order valence-corrected chi connectivity index (χ4v) is 3.16. The molecule has 0 radical (unpaired) electrons. The van der Waals surface area contributed by atoms with Crippen LogP contribution in [0.3, 0.4) is 0 Å². The van der Waals surface area contributed by atoms with E-state index in [-0.39, 0.29) is 5.82 Å². The molecule has 0 heterocycles. The van der Waals surface area contributed by atoms with Gasteiger partial charge in [-0.05, 0) is 52.9 Å². The van der Waals surface area contributed by atoms with Crippen molar-refractivity contribution in [1.82, 2.24) is 0 Å².